The summed E-state index contributed by atoms with van der Waals surface area (Å²) in [4.78, 5) is 14.0. The van der Waals surface area contributed by atoms with Gasteiger partial charge in [0.2, 0.25) is 5.95 Å². The van der Waals surface area contributed by atoms with Crippen LogP contribution in [0.4, 0.5) is 20.4 Å². The maximum Gasteiger partial charge on any atom is 0.250 e. The normalized spacial score (nSPS) is 21.8. The average Bonchev–Trinajstić information content (AvgIpc) is 3.31. The Morgan fingerprint density at radius 1 is 1.14 bits per heavy atom. The van der Waals surface area contributed by atoms with Gasteiger partial charge in [-0.3, -0.25) is 9.98 Å². The van der Waals surface area contributed by atoms with Gasteiger partial charge in [-0.1, -0.05) is 0 Å². The van der Waals surface area contributed by atoms with Crippen LogP contribution in [0, 0.1) is 0 Å². The van der Waals surface area contributed by atoms with Gasteiger partial charge in [0.1, 0.15) is 0 Å². The molecule has 3 aromatic rings. The van der Waals surface area contributed by atoms with Gasteiger partial charge in [-0.2, -0.15) is 0 Å². The first-order chi connectivity index (χ1) is 18.0. The van der Waals surface area contributed by atoms with Crippen LogP contribution in [-0.4, -0.2) is 76.8 Å². The molecule has 1 aliphatic heterocycles. The lowest BCUT2D eigenvalue weighted by molar-refractivity contribution is -0.00158. The maximum atomic E-state index is 12.7. The quantitative estimate of drug-likeness (QED) is 0.395. The Hall–Kier alpha value is -3.02. The van der Waals surface area contributed by atoms with Gasteiger partial charge in [0.05, 0.1) is 60.7 Å². The van der Waals surface area contributed by atoms with Crippen molar-refractivity contribution in [3.63, 3.8) is 0 Å². The molecule has 3 aromatic heterocycles. The standard InChI is InChI=1S/C26H33F2N7O2/c1-16-22(29-15-25(27)28)13-23-21(31-16)8-7-20(33-23)19-9-10-35-24(19)14-30-26(34-35)32-17-3-5-18(6-4-17)37-12-11-36-2/h7-10,14,17-18,22,25,29H,3-6,11-13,15H2,1-2H3,(H,32,34). The van der Waals surface area contributed by atoms with Gasteiger partial charge in [-0.15, -0.1) is 5.10 Å². The van der Waals surface area contributed by atoms with Crippen molar-refractivity contribution >= 4 is 22.9 Å². The van der Waals surface area contributed by atoms with E-state index in [0.29, 0.717) is 31.6 Å². The molecular formula is C26H33F2N7O2. The summed E-state index contributed by atoms with van der Waals surface area (Å²) in [5.41, 5.74) is 4.89. The molecule has 198 valence electrons. The summed E-state index contributed by atoms with van der Waals surface area (Å²) >= 11 is 0. The largest absolute Gasteiger partial charge is 0.382 e. The van der Waals surface area contributed by atoms with Crippen molar-refractivity contribution in [2.75, 3.05) is 32.2 Å². The number of methoxy groups -OCH3 is 1. The molecule has 0 radical (unpaired) electrons. The first-order valence-corrected chi connectivity index (χ1v) is 12.8. The highest BCUT2D eigenvalue weighted by Crippen LogP contribution is 2.31. The summed E-state index contributed by atoms with van der Waals surface area (Å²) < 4.78 is 38.1. The zero-order valence-corrected chi connectivity index (χ0v) is 21.2. The summed E-state index contributed by atoms with van der Waals surface area (Å²) in [5.74, 6) is 0.592. The predicted molar refractivity (Wildman–Crippen MR) is 138 cm³/mol. The third-order valence-corrected chi connectivity index (χ3v) is 7.01. The van der Waals surface area contributed by atoms with Crippen LogP contribution in [0.3, 0.4) is 0 Å². The van der Waals surface area contributed by atoms with Crippen molar-refractivity contribution in [2.24, 2.45) is 4.99 Å². The number of nitrogens with one attached hydrogen (secondary N) is 2. The molecule has 5 rings (SSSR count). The third kappa shape index (κ3) is 6.11. The summed E-state index contributed by atoms with van der Waals surface area (Å²) in [6.07, 6.45) is 6.12. The minimum absolute atomic E-state index is 0.251. The number of hydrogen-bond acceptors (Lipinski definition) is 8. The van der Waals surface area contributed by atoms with E-state index in [0.717, 1.165) is 59.6 Å². The SMILES string of the molecule is COCCOC1CCC(Nc2ncc3c(-c4ccc5c(n4)CC(NCC(F)F)C(C)=N5)ccn3n2)CC1. The molecule has 0 spiro atoms. The fourth-order valence-corrected chi connectivity index (χ4v) is 4.99. The Labute approximate surface area is 214 Å². The van der Waals surface area contributed by atoms with Crippen molar-refractivity contribution < 1.29 is 18.3 Å². The highest BCUT2D eigenvalue weighted by molar-refractivity contribution is 5.92. The van der Waals surface area contributed by atoms with Crippen molar-refractivity contribution in [1.29, 1.82) is 0 Å². The fraction of sp³-hybridized carbons (Fsp3) is 0.538. The number of pyridine rings is 1. The Morgan fingerprint density at radius 2 is 1.97 bits per heavy atom. The van der Waals surface area contributed by atoms with Gasteiger partial charge >= 0.3 is 0 Å². The lowest BCUT2D eigenvalue weighted by Gasteiger charge is -2.29. The molecule has 0 aromatic carbocycles. The van der Waals surface area contributed by atoms with Crippen LogP contribution < -0.4 is 10.6 Å². The van der Waals surface area contributed by atoms with Crippen molar-refractivity contribution in [1.82, 2.24) is 24.9 Å². The van der Waals surface area contributed by atoms with Crippen LogP contribution in [0.15, 0.2) is 35.6 Å². The molecule has 37 heavy (non-hydrogen) atoms. The summed E-state index contributed by atoms with van der Waals surface area (Å²) in [7, 11) is 1.68. The minimum atomic E-state index is -2.41. The lowest BCUT2D eigenvalue weighted by Crippen LogP contribution is -2.41. The number of halogens is 2. The zero-order chi connectivity index (χ0) is 25.8. The Balaban J connectivity index is 1.25. The van der Waals surface area contributed by atoms with Crippen LogP contribution in [0.25, 0.3) is 16.8 Å². The number of nitrogens with zero attached hydrogens (tertiary/aromatic N) is 5. The molecular weight excluding hydrogens is 480 g/mol. The first-order valence-electron chi connectivity index (χ1n) is 12.8. The van der Waals surface area contributed by atoms with E-state index >= 15 is 0 Å². The monoisotopic (exact) mass is 513 g/mol. The number of aliphatic imine (C=N–C) groups is 1. The van der Waals surface area contributed by atoms with E-state index in [1.165, 1.54) is 0 Å². The molecule has 1 aliphatic carbocycles. The fourth-order valence-electron chi connectivity index (χ4n) is 4.99. The molecule has 1 saturated carbocycles. The van der Waals surface area contributed by atoms with Gasteiger partial charge in [-0.05, 0) is 50.8 Å². The molecule has 11 heteroatoms. The number of ether oxygens (including phenoxy) is 2. The highest BCUT2D eigenvalue weighted by atomic mass is 19.3. The van der Waals surface area contributed by atoms with Crippen LogP contribution >= 0.6 is 0 Å². The second-order valence-corrected chi connectivity index (χ2v) is 9.59. The molecule has 4 heterocycles. The van der Waals surface area contributed by atoms with Gasteiger partial charge in [0.25, 0.3) is 6.43 Å². The van der Waals surface area contributed by atoms with Crippen molar-refractivity contribution in [3.05, 3.63) is 36.3 Å². The number of fused-ring (bicyclic) bond motifs is 2. The summed E-state index contributed by atoms with van der Waals surface area (Å²) in [5, 5.41) is 11.0. The minimum Gasteiger partial charge on any atom is -0.382 e. The van der Waals surface area contributed by atoms with Crippen LogP contribution in [0.5, 0.6) is 0 Å². The smallest absolute Gasteiger partial charge is 0.250 e. The molecule has 0 saturated heterocycles. The Bertz CT molecular complexity index is 1240. The van der Waals surface area contributed by atoms with E-state index in [-0.39, 0.29) is 18.7 Å². The predicted octanol–water partition coefficient (Wildman–Crippen LogP) is 4.05. The molecule has 1 fully saturated rings. The number of hydrogen-bond donors (Lipinski definition) is 2. The first kappa shape index (κ1) is 25.6. The summed E-state index contributed by atoms with van der Waals surface area (Å²) in [6, 6.07) is 5.89. The Morgan fingerprint density at radius 3 is 2.76 bits per heavy atom. The number of rotatable bonds is 10. The lowest BCUT2D eigenvalue weighted by atomic mass is 9.93. The second kappa shape index (κ2) is 11.6. The molecule has 9 nitrogen and oxygen atoms in total. The molecule has 0 amide bonds. The van der Waals surface area contributed by atoms with E-state index in [1.807, 2.05) is 31.3 Å². The second-order valence-electron chi connectivity index (χ2n) is 9.59. The van der Waals surface area contributed by atoms with Gasteiger partial charge < -0.3 is 20.1 Å². The van der Waals surface area contributed by atoms with Crippen LogP contribution in [0.2, 0.25) is 0 Å². The third-order valence-electron chi connectivity index (χ3n) is 7.01. The maximum absolute atomic E-state index is 12.7. The van der Waals surface area contributed by atoms with Crippen molar-refractivity contribution in [2.45, 2.75) is 63.6 Å². The average molecular weight is 514 g/mol. The number of aromatic nitrogens is 4. The van der Waals surface area contributed by atoms with Gasteiger partial charge in [0, 0.05) is 37.0 Å². The van der Waals surface area contributed by atoms with E-state index < -0.39 is 6.43 Å². The molecule has 0 bridgehead atoms. The molecule has 2 aliphatic rings. The number of alkyl halides is 2. The molecule has 2 N–H and O–H groups in total. The summed E-state index contributed by atoms with van der Waals surface area (Å²) in [6.45, 7) is 2.75. The zero-order valence-electron chi connectivity index (χ0n) is 21.2. The van der Waals surface area contributed by atoms with E-state index in [9.17, 15) is 8.78 Å². The molecule has 1 unspecified atom stereocenters. The van der Waals surface area contributed by atoms with E-state index in [4.69, 9.17) is 14.5 Å². The highest BCUT2D eigenvalue weighted by Gasteiger charge is 2.24. The van der Waals surface area contributed by atoms with Crippen molar-refractivity contribution in [3.8, 4) is 11.3 Å². The molecule has 1 atom stereocenters. The Kier molecular flexibility index (Phi) is 8.02. The van der Waals surface area contributed by atoms with Gasteiger partial charge in [-0.25, -0.2) is 18.3 Å². The topological polar surface area (TPSA) is 98.0 Å². The van der Waals surface area contributed by atoms with Crippen LogP contribution in [-0.2, 0) is 15.9 Å². The van der Waals surface area contributed by atoms with Crippen LogP contribution in [0.1, 0.15) is 38.3 Å². The number of anilines is 1. The van der Waals surface area contributed by atoms with E-state index in [1.54, 1.807) is 17.8 Å². The van der Waals surface area contributed by atoms with Gasteiger partial charge in [0.15, 0.2) is 0 Å². The van der Waals surface area contributed by atoms with E-state index in [2.05, 4.69) is 25.7 Å².